The Labute approximate surface area is 98.6 Å². The van der Waals surface area contributed by atoms with Crippen LogP contribution in [0.1, 0.15) is 20.8 Å². The maximum absolute atomic E-state index is 13.4. The first-order valence-electron chi connectivity index (χ1n) is 5.12. The van der Waals surface area contributed by atoms with Crippen LogP contribution < -0.4 is 0 Å². The van der Waals surface area contributed by atoms with E-state index in [0.717, 1.165) is 5.82 Å². The predicted molar refractivity (Wildman–Crippen MR) is 65.9 cm³/mol. The van der Waals surface area contributed by atoms with Crippen LogP contribution in [0.2, 0.25) is 0 Å². The van der Waals surface area contributed by atoms with Gasteiger partial charge >= 0.3 is 6.18 Å². The SMILES string of the molecule is CC(C)(C)C1=P(C)(C)C=C(F)C(C(F)(F)F)=N1. The highest BCUT2D eigenvalue weighted by Gasteiger charge is 2.42. The van der Waals surface area contributed by atoms with Gasteiger partial charge in [-0.2, -0.15) is 13.2 Å². The molecule has 1 aliphatic heterocycles. The van der Waals surface area contributed by atoms with E-state index >= 15 is 0 Å². The molecule has 0 fully saturated rings. The summed E-state index contributed by atoms with van der Waals surface area (Å²) in [5.41, 5.74) is -1.45. The van der Waals surface area contributed by atoms with E-state index in [-0.39, 0.29) is 0 Å². The predicted octanol–water partition coefficient (Wildman–Crippen LogP) is 4.27. The third-order valence-electron chi connectivity index (χ3n) is 2.37. The van der Waals surface area contributed by atoms with Crippen LogP contribution in [-0.2, 0) is 0 Å². The van der Waals surface area contributed by atoms with E-state index in [1.165, 1.54) is 0 Å². The molecule has 0 aromatic heterocycles. The fourth-order valence-corrected chi connectivity index (χ4v) is 4.82. The van der Waals surface area contributed by atoms with Gasteiger partial charge in [-0.25, -0.2) is 9.38 Å². The van der Waals surface area contributed by atoms with Gasteiger partial charge in [-0.15, -0.1) is 0 Å². The summed E-state index contributed by atoms with van der Waals surface area (Å²) in [6.07, 6.45) is -4.74. The first kappa shape index (κ1) is 14.5. The van der Waals surface area contributed by atoms with Crippen LogP contribution >= 0.6 is 6.89 Å². The van der Waals surface area contributed by atoms with Gasteiger partial charge in [-0.3, -0.25) is 0 Å². The highest BCUT2D eigenvalue weighted by Crippen LogP contribution is 2.51. The number of hydrogen-bond acceptors (Lipinski definition) is 1. The Kier molecular flexibility index (Phi) is 3.39. The molecule has 0 unspecified atom stereocenters. The number of allylic oxidation sites excluding steroid dienone is 1. The third-order valence-corrected chi connectivity index (χ3v) is 5.10. The zero-order valence-corrected chi connectivity index (χ0v) is 11.4. The molecule has 0 saturated heterocycles. The quantitative estimate of drug-likeness (QED) is 0.460. The fraction of sp³-hybridized carbons (Fsp3) is 0.636. The van der Waals surface area contributed by atoms with Crippen molar-refractivity contribution in [1.82, 2.24) is 0 Å². The number of halogens is 4. The van der Waals surface area contributed by atoms with Gasteiger partial charge < -0.3 is 0 Å². The fourth-order valence-electron chi connectivity index (χ4n) is 1.92. The van der Waals surface area contributed by atoms with Gasteiger partial charge in [0.2, 0.25) is 0 Å². The molecule has 98 valence electrons. The zero-order chi connectivity index (χ0) is 13.6. The summed E-state index contributed by atoms with van der Waals surface area (Å²) >= 11 is 0. The molecule has 0 spiro atoms. The lowest BCUT2D eigenvalue weighted by molar-refractivity contribution is -0.0589. The largest absolute Gasteiger partial charge is 0.436 e. The van der Waals surface area contributed by atoms with Crippen LogP contribution in [0, 0.1) is 5.41 Å². The van der Waals surface area contributed by atoms with Crippen molar-refractivity contribution in [1.29, 1.82) is 0 Å². The Hall–Kier alpha value is -0.570. The Balaban J connectivity index is 3.52. The lowest BCUT2D eigenvalue weighted by Crippen LogP contribution is -2.30. The average molecular weight is 269 g/mol. The molecule has 0 amide bonds. The van der Waals surface area contributed by atoms with Crippen molar-refractivity contribution in [2.45, 2.75) is 26.9 Å². The Morgan fingerprint density at radius 2 is 1.59 bits per heavy atom. The molecule has 0 atom stereocenters. The summed E-state index contributed by atoms with van der Waals surface area (Å²) < 4.78 is 51.2. The molecule has 1 aliphatic rings. The minimum absolute atomic E-state index is 0.443. The summed E-state index contributed by atoms with van der Waals surface area (Å²) in [6, 6.07) is 0. The van der Waals surface area contributed by atoms with E-state index < -0.39 is 30.0 Å². The molecule has 1 nitrogen and oxygen atoms in total. The van der Waals surface area contributed by atoms with Crippen molar-refractivity contribution < 1.29 is 17.6 Å². The summed E-state index contributed by atoms with van der Waals surface area (Å²) in [5.74, 6) is -0.146. The average Bonchev–Trinajstić information content (AvgIpc) is 1.95. The van der Waals surface area contributed by atoms with E-state index in [4.69, 9.17) is 0 Å². The Morgan fingerprint density at radius 1 is 1.12 bits per heavy atom. The van der Waals surface area contributed by atoms with Crippen LogP contribution in [-0.4, -0.2) is 30.6 Å². The molecular formula is C11H16F4NP. The van der Waals surface area contributed by atoms with Gasteiger partial charge in [0.1, 0.15) is 0 Å². The molecule has 6 heteroatoms. The topological polar surface area (TPSA) is 12.4 Å². The molecule has 1 rings (SSSR count). The number of rotatable bonds is 0. The van der Waals surface area contributed by atoms with E-state index in [1.807, 2.05) is 0 Å². The van der Waals surface area contributed by atoms with Gasteiger partial charge in [-0.05, 0) is 19.1 Å². The molecule has 1 heterocycles. The van der Waals surface area contributed by atoms with E-state index in [2.05, 4.69) is 4.99 Å². The second-order valence-corrected chi connectivity index (χ2v) is 9.31. The van der Waals surface area contributed by atoms with Crippen LogP contribution in [0.3, 0.4) is 0 Å². The van der Waals surface area contributed by atoms with Gasteiger partial charge in [0, 0.05) is 10.8 Å². The van der Waals surface area contributed by atoms with Gasteiger partial charge in [-0.1, -0.05) is 27.7 Å². The molecule has 0 N–H and O–H groups in total. The number of nitrogens with zero attached hydrogens (tertiary/aromatic N) is 1. The molecule has 0 aliphatic carbocycles. The van der Waals surface area contributed by atoms with E-state index in [1.54, 1.807) is 34.1 Å². The van der Waals surface area contributed by atoms with Crippen molar-refractivity contribution in [3.63, 3.8) is 0 Å². The van der Waals surface area contributed by atoms with Crippen molar-refractivity contribution in [3.8, 4) is 0 Å². The summed E-state index contributed by atoms with van der Waals surface area (Å²) in [6.45, 7) is 6.87. The highest BCUT2D eigenvalue weighted by molar-refractivity contribution is 7.78. The maximum atomic E-state index is 13.4. The van der Waals surface area contributed by atoms with Gasteiger partial charge in [0.25, 0.3) is 0 Å². The van der Waals surface area contributed by atoms with Crippen molar-refractivity contribution in [2.24, 2.45) is 10.4 Å². The van der Waals surface area contributed by atoms with Gasteiger partial charge in [0.15, 0.2) is 11.5 Å². The number of hydrogen-bond donors (Lipinski definition) is 0. The number of alkyl halides is 3. The van der Waals surface area contributed by atoms with Gasteiger partial charge in [0.05, 0.1) is 0 Å². The smallest absolute Gasteiger partial charge is 0.245 e. The first-order chi connectivity index (χ1) is 7.36. The summed E-state index contributed by atoms with van der Waals surface area (Å²) in [4.78, 5) is 3.57. The van der Waals surface area contributed by atoms with Crippen molar-refractivity contribution >= 4 is 18.0 Å². The molecule has 0 radical (unpaired) electrons. The second kappa shape index (κ2) is 3.98. The second-order valence-electron chi connectivity index (χ2n) is 5.55. The normalized spacial score (nSPS) is 21.1. The third kappa shape index (κ3) is 3.01. The minimum Gasteiger partial charge on any atom is -0.245 e. The van der Waals surface area contributed by atoms with Crippen LogP contribution in [0.4, 0.5) is 17.6 Å². The minimum atomic E-state index is -4.74. The first-order valence-corrected chi connectivity index (χ1v) is 7.87. The maximum Gasteiger partial charge on any atom is 0.436 e. The number of aliphatic imine (C=N–C) groups is 1. The molecule has 0 bridgehead atoms. The summed E-state index contributed by atoms with van der Waals surface area (Å²) in [5, 5.41) is 0. The van der Waals surface area contributed by atoms with E-state index in [0.29, 0.717) is 5.42 Å². The standard InChI is InChI=1S/C11H16F4NP/c1-10(2,3)9-16-8(11(13,14)15)7(12)6-17(9,4)5/h6H,1-5H3. The molecule has 0 aromatic rings. The van der Waals surface area contributed by atoms with Crippen LogP contribution in [0.5, 0.6) is 0 Å². The highest BCUT2D eigenvalue weighted by atomic mass is 31.2. The lowest BCUT2D eigenvalue weighted by Gasteiger charge is -2.30. The van der Waals surface area contributed by atoms with Crippen molar-refractivity contribution in [2.75, 3.05) is 13.3 Å². The van der Waals surface area contributed by atoms with Crippen molar-refractivity contribution in [3.05, 3.63) is 11.6 Å². The molecule has 17 heavy (non-hydrogen) atoms. The van der Waals surface area contributed by atoms with E-state index in [9.17, 15) is 17.6 Å². The molecule has 0 saturated carbocycles. The molecular weight excluding hydrogens is 253 g/mol. The molecule has 0 aromatic carbocycles. The monoisotopic (exact) mass is 269 g/mol. The zero-order valence-electron chi connectivity index (χ0n) is 10.5. The van der Waals surface area contributed by atoms with Crippen LogP contribution in [0.25, 0.3) is 0 Å². The summed E-state index contributed by atoms with van der Waals surface area (Å²) in [7, 11) is 0. The lowest BCUT2D eigenvalue weighted by atomic mass is 9.97. The van der Waals surface area contributed by atoms with Crippen LogP contribution in [0.15, 0.2) is 16.6 Å². The Bertz CT molecular complexity index is 443. The Morgan fingerprint density at radius 3 is 1.94 bits per heavy atom.